The molecule has 11 aromatic rings. The smallest absolute Gasteiger partial charge is 0.125 e. The molecule has 11 rings (SSSR count). The molecule has 0 aliphatic carbocycles. The van der Waals surface area contributed by atoms with Crippen molar-refractivity contribution in [1.29, 1.82) is 0 Å². The fraction of sp³-hybridized carbons (Fsp3) is 0. The van der Waals surface area contributed by atoms with Crippen LogP contribution in [0.1, 0.15) is 0 Å². The van der Waals surface area contributed by atoms with Crippen molar-refractivity contribution in [2.45, 2.75) is 0 Å². The van der Waals surface area contributed by atoms with Crippen LogP contribution in [0.3, 0.4) is 0 Å². The highest BCUT2D eigenvalue weighted by molar-refractivity contribution is 7.25. The monoisotopic (exact) mass is 699 g/mol. The number of fused-ring (bicyclic) bond motifs is 9. The molecule has 0 N–H and O–H groups in total. The topological polar surface area (TPSA) is 13.1 Å². The van der Waals surface area contributed by atoms with Gasteiger partial charge in [-0.05, 0) is 91.0 Å². The van der Waals surface area contributed by atoms with Crippen LogP contribution in [-0.2, 0) is 0 Å². The van der Waals surface area contributed by atoms with E-state index in [1.807, 2.05) is 17.4 Å². The molecule has 0 atom stereocenters. The van der Waals surface area contributed by atoms with E-state index >= 15 is 0 Å². The molecule has 0 fully saturated rings. The molecule has 8 aromatic carbocycles. The third-order valence-electron chi connectivity index (χ3n) is 10.5. The SMILES string of the molecule is Fc1cccc(-n2c3ccccc3c3c(N(c4ccc5sc6ccccc6c5c4)c4cccc5c4c4ccccc4n5-c4ccccc4)cccc32)c1. The van der Waals surface area contributed by atoms with Crippen molar-refractivity contribution in [3.63, 3.8) is 0 Å². The van der Waals surface area contributed by atoms with Gasteiger partial charge in [0.15, 0.2) is 0 Å². The molecule has 0 aliphatic heterocycles. The second-order valence-corrected chi connectivity index (χ2v) is 14.6. The van der Waals surface area contributed by atoms with Gasteiger partial charge in [-0.15, -0.1) is 11.3 Å². The fourth-order valence-corrected chi connectivity index (χ4v) is 9.47. The third-order valence-corrected chi connectivity index (χ3v) is 11.7. The van der Waals surface area contributed by atoms with Crippen molar-refractivity contribution >= 4 is 92.2 Å². The van der Waals surface area contributed by atoms with Gasteiger partial charge in [0.05, 0.1) is 33.4 Å². The van der Waals surface area contributed by atoms with E-state index in [1.54, 1.807) is 12.1 Å². The molecular formula is C48H30FN3S. The normalized spacial score (nSPS) is 11.9. The highest BCUT2D eigenvalue weighted by atomic mass is 32.1. The van der Waals surface area contributed by atoms with E-state index in [0.717, 1.165) is 61.3 Å². The molecule has 0 spiro atoms. The zero-order chi connectivity index (χ0) is 35.0. The predicted octanol–water partition coefficient (Wildman–Crippen LogP) is 13.9. The number of benzene rings is 8. The average molecular weight is 700 g/mol. The van der Waals surface area contributed by atoms with Crippen LogP contribution < -0.4 is 4.90 Å². The van der Waals surface area contributed by atoms with Crippen LogP contribution in [0.2, 0.25) is 0 Å². The van der Waals surface area contributed by atoms with Crippen molar-refractivity contribution < 1.29 is 4.39 Å². The number of thiophene rings is 1. The summed E-state index contributed by atoms with van der Waals surface area (Å²) in [6.07, 6.45) is 0. The molecule has 250 valence electrons. The Kier molecular flexibility index (Phi) is 6.60. The average Bonchev–Trinajstić information content (AvgIpc) is 3.87. The highest BCUT2D eigenvalue weighted by Gasteiger charge is 2.25. The highest BCUT2D eigenvalue weighted by Crippen LogP contribution is 2.49. The van der Waals surface area contributed by atoms with E-state index in [4.69, 9.17) is 0 Å². The van der Waals surface area contributed by atoms with Gasteiger partial charge in [-0.1, -0.05) is 91.0 Å². The number of halogens is 1. The lowest BCUT2D eigenvalue weighted by atomic mass is 10.0. The quantitative estimate of drug-likeness (QED) is 0.174. The largest absolute Gasteiger partial charge is 0.309 e. The molecule has 0 radical (unpaired) electrons. The lowest BCUT2D eigenvalue weighted by Crippen LogP contribution is -2.11. The summed E-state index contributed by atoms with van der Waals surface area (Å²) in [5, 5.41) is 7.06. The van der Waals surface area contributed by atoms with Crippen molar-refractivity contribution in [2.75, 3.05) is 4.90 Å². The Morgan fingerprint density at radius 3 is 1.60 bits per heavy atom. The fourth-order valence-electron chi connectivity index (χ4n) is 8.38. The molecule has 0 bridgehead atoms. The first-order valence-electron chi connectivity index (χ1n) is 17.8. The van der Waals surface area contributed by atoms with Gasteiger partial charge in [0.2, 0.25) is 0 Å². The minimum atomic E-state index is -0.260. The van der Waals surface area contributed by atoms with Crippen LogP contribution in [0, 0.1) is 5.82 Å². The van der Waals surface area contributed by atoms with Gasteiger partial charge < -0.3 is 14.0 Å². The summed E-state index contributed by atoms with van der Waals surface area (Å²) in [5.41, 5.74) is 9.45. The molecule has 0 saturated heterocycles. The summed E-state index contributed by atoms with van der Waals surface area (Å²) in [7, 11) is 0. The van der Waals surface area contributed by atoms with Crippen LogP contribution in [0.5, 0.6) is 0 Å². The number of hydrogen-bond acceptors (Lipinski definition) is 2. The minimum Gasteiger partial charge on any atom is -0.309 e. The van der Waals surface area contributed by atoms with E-state index in [-0.39, 0.29) is 5.82 Å². The van der Waals surface area contributed by atoms with E-state index in [1.165, 1.54) is 37.0 Å². The van der Waals surface area contributed by atoms with E-state index in [0.29, 0.717) is 0 Å². The second kappa shape index (κ2) is 11.7. The predicted molar refractivity (Wildman–Crippen MR) is 223 cm³/mol. The van der Waals surface area contributed by atoms with Gasteiger partial charge in [-0.3, -0.25) is 0 Å². The molecule has 0 unspecified atom stereocenters. The van der Waals surface area contributed by atoms with E-state index < -0.39 is 0 Å². The van der Waals surface area contributed by atoms with Crippen molar-refractivity contribution in [3.05, 3.63) is 188 Å². The molecule has 3 heterocycles. The lowest BCUT2D eigenvalue weighted by molar-refractivity contribution is 0.627. The lowest BCUT2D eigenvalue weighted by Gasteiger charge is -2.28. The Balaban J connectivity index is 1.28. The van der Waals surface area contributed by atoms with Crippen molar-refractivity contribution in [3.8, 4) is 11.4 Å². The van der Waals surface area contributed by atoms with Crippen molar-refractivity contribution in [2.24, 2.45) is 0 Å². The van der Waals surface area contributed by atoms with Crippen LogP contribution in [0.25, 0.3) is 75.2 Å². The van der Waals surface area contributed by atoms with Gasteiger partial charge in [-0.2, -0.15) is 0 Å². The summed E-state index contributed by atoms with van der Waals surface area (Å²) < 4.78 is 21.9. The van der Waals surface area contributed by atoms with Gasteiger partial charge in [0.1, 0.15) is 5.82 Å². The molecule has 3 aromatic heterocycles. The number of nitrogens with zero attached hydrogens (tertiary/aromatic N) is 3. The molecule has 0 saturated carbocycles. The molecule has 3 nitrogen and oxygen atoms in total. The van der Waals surface area contributed by atoms with Crippen LogP contribution in [-0.4, -0.2) is 9.13 Å². The van der Waals surface area contributed by atoms with E-state index in [2.05, 4.69) is 172 Å². The van der Waals surface area contributed by atoms with Crippen LogP contribution >= 0.6 is 11.3 Å². The standard InChI is InChI=1S/C48H30FN3S/c49-31-13-10-16-33(29-31)51-40-21-8-5-19-37(40)48-42(51)23-12-25-44(48)52(34-27-28-46-38(30-34)35-17-6-9-26-45(35)53-46)43-24-11-22-41-47(43)36-18-4-7-20-39(36)50(41)32-14-2-1-3-15-32/h1-30H. The summed E-state index contributed by atoms with van der Waals surface area (Å²) >= 11 is 1.83. The number of rotatable bonds is 5. The van der Waals surface area contributed by atoms with Gasteiger partial charge >= 0.3 is 0 Å². The maximum absolute atomic E-state index is 14.8. The van der Waals surface area contributed by atoms with Crippen molar-refractivity contribution in [1.82, 2.24) is 9.13 Å². The Hall–Kier alpha value is -6.69. The first kappa shape index (κ1) is 30.0. The minimum absolute atomic E-state index is 0.260. The van der Waals surface area contributed by atoms with E-state index in [9.17, 15) is 4.39 Å². The third kappa shape index (κ3) is 4.51. The number of hydrogen-bond donors (Lipinski definition) is 0. The number of para-hydroxylation sites is 3. The first-order chi connectivity index (χ1) is 26.2. The summed E-state index contributed by atoms with van der Waals surface area (Å²) in [5.74, 6) is -0.260. The summed E-state index contributed by atoms with van der Waals surface area (Å²) in [4.78, 5) is 2.45. The van der Waals surface area contributed by atoms with Crippen LogP contribution in [0.4, 0.5) is 21.5 Å². The Labute approximate surface area is 308 Å². The Bertz CT molecular complexity index is 3210. The molecular weight excluding hydrogens is 670 g/mol. The molecule has 0 amide bonds. The molecule has 5 heteroatoms. The molecule has 0 aliphatic rings. The number of anilines is 3. The Morgan fingerprint density at radius 1 is 0.396 bits per heavy atom. The zero-order valence-electron chi connectivity index (χ0n) is 28.4. The summed E-state index contributed by atoms with van der Waals surface area (Å²) in [6, 6.07) is 63.4. The second-order valence-electron chi connectivity index (χ2n) is 13.5. The maximum Gasteiger partial charge on any atom is 0.125 e. The number of aromatic nitrogens is 2. The summed E-state index contributed by atoms with van der Waals surface area (Å²) in [6.45, 7) is 0. The first-order valence-corrected chi connectivity index (χ1v) is 18.6. The molecule has 53 heavy (non-hydrogen) atoms. The maximum atomic E-state index is 14.8. The van der Waals surface area contributed by atoms with Gasteiger partial charge in [0.25, 0.3) is 0 Å². The Morgan fingerprint density at radius 2 is 0.925 bits per heavy atom. The van der Waals surface area contributed by atoms with Gasteiger partial charge in [-0.25, -0.2) is 4.39 Å². The van der Waals surface area contributed by atoms with Crippen LogP contribution in [0.15, 0.2) is 182 Å². The van der Waals surface area contributed by atoms with Gasteiger partial charge in [0, 0.05) is 58.8 Å². The zero-order valence-corrected chi connectivity index (χ0v) is 29.3.